The van der Waals surface area contributed by atoms with Crippen LogP contribution in [-0.4, -0.2) is 19.9 Å². The van der Waals surface area contributed by atoms with Crippen LogP contribution in [0.25, 0.3) is 89.0 Å². The van der Waals surface area contributed by atoms with Gasteiger partial charge in [-0.25, -0.2) is 19.9 Å². The van der Waals surface area contributed by atoms with E-state index in [2.05, 4.69) is 103 Å². The van der Waals surface area contributed by atoms with Crippen LogP contribution in [0, 0.1) is 0 Å². The Hall–Kier alpha value is -6.52. The molecule has 0 fully saturated rings. The highest BCUT2D eigenvalue weighted by atomic mass is 15.0. The third-order valence-electron chi connectivity index (χ3n) is 8.94. The fourth-order valence-corrected chi connectivity index (χ4v) is 6.62. The first-order valence-electron chi connectivity index (χ1n) is 16.1. The van der Waals surface area contributed by atoms with Crippen LogP contribution in [0.15, 0.2) is 170 Å². The summed E-state index contributed by atoms with van der Waals surface area (Å²) in [5.41, 5.74) is 8.25. The Labute approximate surface area is 278 Å². The number of aromatic nitrogens is 4. The second kappa shape index (κ2) is 11.7. The zero-order valence-corrected chi connectivity index (χ0v) is 26.0. The van der Waals surface area contributed by atoms with Crippen molar-refractivity contribution in [2.45, 2.75) is 0 Å². The van der Waals surface area contributed by atoms with Crippen LogP contribution in [0.3, 0.4) is 0 Å². The molecule has 0 radical (unpaired) electrons. The van der Waals surface area contributed by atoms with Crippen LogP contribution in [0.4, 0.5) is 0 Å². The van der Waals surface area contributed by atoms with Crippen LogP contribution in [-0.2, 0) is 0 Å². The summed E-state index contributed by atoms with van der Waals surface area (Å²) in [6.45, 7) is 0. The van der Waals surface area contributed by atoms with E-state index in [0.717, 1.165) is 60.8 Å². The fourth-order valence-electron chi connectivity index (χ4n) is 6.62. The zero-order valence-electron chi connectivity index (χ0n) is 26.0. The molecule has 0 saturated heterocycles. The van der Waals surface area contributed by atoms with Gasteiger partial charge >= 0.3 is 0 Å². The first-order chi connectivity index (χ1) is 23.8. The lowest BCUT2D eigenvalue weighted by molar-refractivity contribution is 1.08. The quantitative estimate of drug-likeness (QED) is 0.181. The molecule has 9 aromatic rings. The van der Waals surface area contributed by atoms with Gasteiger partial charge in [0.1, 0.15) is 0 Å². The lowest BCUT2D eigenvalue weighted by atomic mass is 9.94. The molecule has 4 nitrogen and oxygen atoms in total. The Morgan fingerprint density at radius 3 is 1.40 bits per heavy atom. The second-order valence-corrected chi connectivity index (χ2v) is 11.8. The Balaban J connectivity index is 1.16. The normalized spacial score (nSPS) is 11.3. The van der Waals surface area contributed by atoms with Gasteiger partial charge in [-0.15, -0.1) is 0 Å². The van der Waals surface area contributed by atoms with Gasteiger partial charge in [0.15, 0.2) is 17.5 Å². The first kappa shape index (κ1) is 27.8. The fraction of sp³-hybridized carbons (Fsp3) is 0. The Morgan fingerprint density at radius 2 is 0.729 bits per heavy atom. The van der Waals surface area contributed by atoms with Gasteiger partial charge in [-0.3, -0.25) is 0 Å². The van der Waals surface area contributed by atoms with Gasteiger partial charge in [-0.05, 0) is 33.4 Å². The summed E-state index contributed by atoms with van der Waals surface area (Å²) >= 11 is 0. The van der Waals surface area contributed by atoms with Gasteiger partial charge in [-0.2, -0.15) is 0 Å². The summed E-state index contributed by atoms with van der Waals surface area (Å²) in [5, 5.41) is 5.77. The van der Waals surface area contributed by atoms with Crippen molar-refractivity contribution >= 4 is 32.4 Å². The minimum absolute atomic E-state index is 0.648. The number of fused-ring (bicyclic) bond motifs is 4. The summed E-state index contributed by atoms with van der Waals surface area (Å²) in [7, 11) is 0. The molecule has 0 unspecified atom stereocenters. The van der Waals surface area contributed by atoms with Crippen LogP contribution in [0.5, 0.6) is 0 Å². The predicted molar refractivity (Wildman–Crippen MR) is 197 cm³/mol. The van der Waals surface area contributed by atoms with Gasteiger partial charge in [-0.1, -0.05) is 164 Å². The van der Waals surface area contributed by atoms with Crippen LogP contribution >= 0.6 is 0 Å². The lowest BCUT2D eigenvalue weighted by Crippen LogP contribution is -2.00. The molecule has 0 bridgehead atoms. The number of hydrogen-bond acceptors (Lipinski definition) is 4. The smallest absolute Gasteiger partial charge is 0.164 e. The summed E-state index contributed by atoms with van der Waals surface area (Å²) in [6.07, 6.45) is 0. The maximum absolute atomic E-state index is 5.11. The van der Waals surface area contributed by atoms with E-state index in [1.807, 2.05) is 66.7 Å². The van der Waals surface area contributed by atoms with E-state index in [-0.39, 0.29) is 0 Å². The van der Waals surface area contributed by atoms with E-state index in [1.54, 1.807) is 0 Å². The van der Waals surface area contributed by atoms with E-state index in [4.69, 9.17) is 19.9 Å². The van der Waals surface area contributed by atoms with Crippen molar-refractivity contribution in [3.8, 4) is 56.5 Å². The van der Waals surface area contributed by atoms with Crippen molar-refractivity contribution in [2.24, 2.45) is 0 Å². The van der Waals surface area contributed by atoms with Crippen molar-refractivity contribution in [2.75, 3.05) is 0 Å². The van der Waals surface area contributed by atoms with Crippen molar-refractivity contribution in [1.82, 2.24) is 19.9 Å². The molecule has 0 aliphatic rings. The molecule has 0 saturated carbocycles. The largest absolute Gasteiger partial charge is 0.247 e. The molecule has 224 valence electrons. The molecule has 0 atom stereocenters. The number of rotatable bonds is 5. The predicted octanol–water partition coefficient (Wildman–Crippen LogP) is 11.1. The third-order valence-corrected chi connectivity index (χ3v) is 8.94. The Bertz CT molecular complexity index is 2540. The maximum atomic E-state index is 5.11. The molecular weight excluding hydrogens is 585 g/mol. The molecule has 0 aliphatic carbocycles. The summed E-state index contributed by atoms with van der Waals surface area (Å²) in [4.78, 5) is 20.0. The van der Waals surface area contributed by atoms with E-state index in [9.17, 15) is 0 Å². The van der Waals surface area contributed by atoms with E-state index in [0.29, 0.717) is 17.5 Å². The van der Waals surface area contributed by atoms with E-state index < -0.39 is 0 Å². The van der Waals surface area contributed by atoms with Crippen molar-refractivity contribution in [3.05, 3.63) is 170 Å². The average Bonchev–Trinajstić information content (AvgIpc) is 3.18. The molecule has 0 aliphatic heterocycles. The molecule has 7 aromatic carbocycles. The topological polar surface area (TPSA) is 51.6 Å². The van der Waals surface area contributed by atoms with Gasteiger partial charge < -0.3 is 0 Å². The van der Waals surface area contributed by atoms with Crippen LogP contribution in [0.1, 0.15) is 0 Å². The number of para-hydroxylation sites is 1. The highest BCUT2D eigenvalue weighted by Gasteiger charge is 2.16. The lowest BCUT2D eigenvalue weighted by Gasteiger charge is -2.13. The highest BCUT2D eigenvalue weighted by molar-refractivity contribution is 6.11. The summed E-state index contributed by atoms with van der Waals surface area (Å²) < 4.78 is 0. The maximum Gasteiger partial charge on any atom is 0.164 e. The summed E-state index contributed by atoms with van der Waals surface area (Å²) in [6, 6.07) is 58.7. The van der Waals surface area contributed by atoms with Gasteiger partial charge in [0.05, 0.1) is 11.2 Å². The SMILES string of the molecule is c1ccc(-c2nc(-c3ccccc3)nc(-c3cccc4c(-c5ccc(-c6nc7ccccc7c7ccccc67)cc5)cccc34)n2)cc1. The van der Waals surface area contributed by atoms with E-state index >= 15 is 0 Å². The van der Waals surface area contributed by atoms with Gasteiger partial charge in [0.2, 0.25) is 0 Å². The van der Waals surface area contributed by atoms with Crippen LogP contribution in [0.2, 0.25) is 0 Å². The summed E-state index contributed by atoms with van der Waals surface area (Å²) in [5.74, 6) is 1.95. The molecule has 0 spiro atoms. The van der Waals surface area contributed by atoms with Crippen molar-refractivity contribution < 1.29 is 0 Å². The number of nitrogens with zero attached hydrogens (tertiary/aromatic N) is 4. The molecule has 48 heavy (non-hydrogen) atoms. The van der Waals surface area contributed by atoms with Crippen LogP contribution < -0.4 is 0 Å². The minimum Gasteiger partial charge on any atom is -0.247 e. The number of pyridine rings is 1. The second-order valence-electron chi connectivity index (χ2n) is 11.8. The van der Waals surface area contributed by atoms with E-state index in [1.165, 1.54) is 10.8 Å². The minimum atomic E-state index is 0.648. The van der Waals surface area contributed by atoms with Crippen molar-refractivity contribution in [1.29, 1.82) is 0 Å². The zero-order chi connectivity index (χ0) is 31.9. The standard InChI is InChI=1S/C44H28N4/c1-3-13-31(14-4-1)42-46-43(32-15-5-2-6-16-32)48-44(47-42)39-23-12-21-34-33(20-11-22-35(34)39)29-25-27-30(28-26-29)41-38-19-8-7-17-36(38)37-18-9-10-24-40(37)45-41/h1-28H. The number of benzene rings is 7. The third kappa shape index (κ3) is 4.88. The number of hydrogen-bond donors (Lipinski definition) is 0. The molecule has 9 rings (SSSR count). The Morgan fingerprint density at radius 1 is 0.250 bits per heavy atom. The molecule has 2 aromatic heterocycles. The molecule has 2 heterocycles. The van der Waals surface area contributed by atoms with Gasteiger partial charge in [0.25, 0.3) is 0 Å². The molecular formula is C44H28N4. The molecule has 0 amide bonds. The first-order valence-corrected chi connectivity index (χ1v) is 16.1. The highest BCUT2D eigenvalue weighted by Crippen LogP contribution is 2.37. The average molecular weight is 613 g/mol. The van der Waals surface area contributed by atoms with Gasteiger partial charge in [0, 0.05) is 33.0 Å². The molecule has 0 N–H and O–H groups in total. The monoisotopic (exact) mass is 612 g/mol. The molecule has 4 heteroatoms. The Kier molecular flexibility index (Phi) is 6.76. The van der Waals surface area contributed by atoms with Crippen molar-refractivity contribution in [3.63, 3.8) is 0 Å².